The first kappa shape index (κ1) is 37.7. The molecule has 0 heterocycles. The Labute approximate surface area is 222 Å². The van der Waals surface area contributed by atoms with E-state index < -0.39 is 5.60 Å². The summed E-state index contributed by atoms with van der Waals surface area (Å²) in [7, 11) is 3.28. The molecule has 208 valence electrons. The number of hydrogen-bond acceptors (Lipinski definition) is 5. The number of anilines is 1. The number of alkyl carbamates (subject to hydrolysis) is 1. The van der Waals surface area contributed by atoms with Gasteiger partial charge in [0.15, 0.2) is 0 Å². The number of benzene rings is 1. The average Bonchev–Trinajstić information content (AvgIpc) is 2.75. The molecule has 36 heavy (non-hydrogen) atoms. The fourth-order valence-corrected chi connectivity index (χ4v) is 3.14. The molecule has 3 N–H and O–H groups in total. The number of carbonyl (C=O) groups is 1. The lowest BCUT2D eigenvalue weighted by Crippen LogP contribution is -2.39. The van der Waals surface area contributed by atoms with Gasteiger partial charge in [0, 0.05) is 11.7 Å². The van der Waals surface area contributed by atoms with Crippen LogP contribution in [0, 0.1) is 6.92 Å². The zero-order valence-electron chi connectivity index (χ0n) is 24.0. The highest BCUT2D eigenvalue weighted by atomic mass is 16.6. The van der Waals surface area contributed by atoms with Gasteiger partial charge in [-0.15, -0.1) is 0 Å². The number of hydrogen-bond donors (Lipinski definition) is 2. The molecule has 0 saturated carbocycles. The summed E-state index contributed by atoms with van der Waals surface area (Å²) in [6.07, 6.45) is 5.90. The first-order valence-electron chi connectivity index (χ1n) is 12.3. The number of ether oxygens (including phenoxy) is 3. The van der Waals surface area contributed by atoms with Crippen molar-refractivity contribution in [1.82, 2.24) is 5.32 Å². The van der Waals surface area contributed by atoms with Crippen LogP contribution in [0.4, 0.5) is 10.5 Å². The van der Waals surface area contributed by atoms with Gasteiger partial charge in [-0.25, -0.2) is 4.79 Å². The molecule has 1 atom stereocenters. The van der Waals surface area contributed by atoms with Crippen molar-refractivity contribution in [3.63, 3.8) is 0 Å². The third-order valence-electron chi connectivity index (χ3n) is 4.43. The molecule has 0 unspecified atom stereocenters. The SMILES string of the molecule is C.C=C/C(OC)=C(\C=C(C)C)C[C@@H](CCC)NC(=O)OC(C)(C)C.CC.COc1ccc(N)cc1C. The maximum absolute atomic E-state index is 12.0. The van der Waals surface area contributed by atoms with Crippen LogP contribution in [0.25, 0.3) is 0 Å². The zero-order chi connectivity index (χ0) is 27.6. The Morgan fingerprint density at radius 1 is 1.19 bits per heavy atom. The number of methoxy groups -OCH3 is 2. The number of nitrogens with two attached hydrogens (primary N) is 1. The topological polar surface area (TPSA) is 82.8 Å². The normalized spacial score (nSPS) is 11.4. The molecule has 1 rings (SSSR count). The molecule has 1 amide bonds. The highest BCUT2D eigenvalue weighted by Gasteiger charge is 2.20. The lowest BCUT2D eigenvalue weighted by Gasteiger charge is -2.24. The van der Waals surface area contributed by atoms with Gasteiger partial charge in [0.05, 0.1) is 14.2 Å². The van der Waals surface area contributed by atoms with E-state index in [-0.39, 0.29) is 19.6 Å². The maximum atomic E-state index is 12.0. The minimum Gasteiger partial charge on any atom is -0.496 e. The Morgan fingerprint density at radius 3 is 2.17 bits per heavy atom. The van der Waals surface area contributed by atoms with Gasteiger partial charge in [-0.3, -0.25) is 0 Å². The molecule has 6 nitrogen and oxygen atoms in total. The lowest BCUT2D eigenvalue weighted by molar-refractivity contribution is 0.0501. The quantitative estimate of drug-likeness (QED) is 0.200. The number of aryl methyl sites for hydroxylation is 1. The second kappa shape index (κ2) is 20.3. The van der Waals surface area contributed by atoms with Crippen molar-refractivity contribution in [2.45, 2.75) is 101 Å². The Kier molecular flexibility index (Phi) is 21.3. The van der Waals surface area contributed by atoms with Gasteiger partial charge in [0.1, 0.15) is 17.1 Å². The molecule has 0 bridgehead atoms. The van der Waals surface area contributed by atoms with E-state index in [0.29, 0.717) is 6.42 Å². The minimum atomic E-state index is -0.502. The van der Waals surface area contributed by atoms with Crippen molar-refractivity contribution in [2.24, 2.45) is 0 Å². The van der Waals surface area contributed by atoms with Crippen molar-refractivity contribution >= 4 is 11.8 Å². The highest BCUT2D eigenvalue weighted by Crippen LogP contribution is 2.20. The zero-order valence-corrected chi connectivity index (χ0v) is 24.0. The van der Waals surface area contributed by atoms with Crippen molar-refractivity contribution in [1.29, 1.82) is 0 Å². The summed E-state index contributed by atoms with van der Waals surface area (Å²) in [4.78, 5) is 12.0. The summed E-state index contributed by atoms with van der Waals surface area (Å²) in [6, 6.07) is 5.57. The van der Waals surface area contributed by atoms with Crippen LogP contribution in [-0.4, -0.2) is 32.0 Å². The molecule has 0 aromatic heterocycles. The average molecular weight is 507 g/mol. The molecule has 1 aromatic carbocycles. The summed E-state index contributed by atoms with van der Waals surface area (Å²) >= 11 is 0. The number of allylic oxidation sites excluding steroid dienone is 3. The van der Waals surface area contributed by atoms with Gasteiger partial charge in [-0.05, 0) is 89.8 Å². The van der Waals surface area contributed by atoms with Crippen LogP contribution in [0.2, 0.25) is 0 Å². The monoisotopic (exact) mass is 506 g/mol. The molecule has 0 fully saturated rings. The van der Waals surface area contributed by atoms with Crippen LogP contribution in [0.1, 0.15) is 87.6 Å². The number of amides is 1. The predicted octanol–water partition coefficient (Wildman–Crippen LogP) is 8.37. The Balaban J connectivity index is -0.000000695. The fraction of sp³-hybridized carbons (Fsp3) is 0.567. The lowest BCUT2D eigenvalue weighted by atomic mass is 9.99. The van der Waals surface area contributed by atoms with Gasteiger partial charge in [-0.2, -0.15) is 0 Å². The van der Waals surface area contributed by atoms with E-state index in [4.69, 9.17) is 19.9 Å². The van der Waals surface area contributed by atoms with Gasteiger partial charge >= 0.3 is 6.09 Å². The fourth-order valence-electron chi connectivity index (χ4n) is 3.14. The van der Waals surface area contributed by atoms with Crippen LogP contribution in [-0.2, 0) is 9.47 Å². The van der Waals surface area contributed by atoms with Crippen molar-refractivity contribution in [3.8, 4) is 5.75 Å². The van der Waals surface area contributed by atoms with Crippen LogP contribution in [0.3, 0.4) is 0 Å². The van der Waals surface area contributed by atoms with Crippen molar-refractivity contribution in [2.75, 3.05) is 20.0 Å². The number of carbonyl (C=O) groups excluding carboxylic acids is 1. The van der Waals surface area contributed by atoms with E-state index in [9.17, 15) is 4.79 Å². The summed E-state index contributed by atoms with van der Waals surface area (Å²) in [5.74, 6) is 1.62. The summed E-state index contributed by atoms with van der Waals surface area (Å²) < 4.78 is 15.8. The molecule has 1 aromatic rings. The van der Waals surface area contributed by atoms with E-state index in [0.717, 1.165) is 41.2 Å². The summed E-state index contributed by atoms with van der Waals surface area (Å²) in [6.45, 7) is 21.5. The Bertz CT molecular complexity index is 817. The summed E-state index contributed by atoms with van der Waals surface area (Å²) in [5, 5.41) is 2.97. The third-order valence-corrected chi connectivity index (χ3v) is 4.43. The first-order chi connectivity index (χ1) is 16.4. The second-order valence-corrected chi connectivity index (χ2v) is 9.08. The molecule has 0 saturated heterocycles. The minimum absolute atomic E-state index is 0. The second-order valence-electron chi connectivity index (χ2n) is 9.08. The largest absolute Gasteiger partial charge is 0.496 e. The van der Waals surface area contributed by atoms with Crippen molar-refractivity contribution < 1.29 is 19.0 Å². The highest BCUT2D eigenvalue weighted by molar-refractivity contribution is 5.68. The van der Waals surface area contributed by atoms with E-state index in [2.05, 4.69) is 24.9 Å². The molecule has 0 aliphatic carbocycles. The van der Waals surface area contributed by atoms with E-state index in [1.54, 1.807) is 20.3 Å². The van der Waals surface area contributed by atoms with Crippen LogP contribution >= 0.6 is 0 Å². The van der Waals surface area contributed by atoms with Crippen LogP contribution < -0.4 is 15.8 Å². The molecule has 0 spiro atoms. The Morgan fingerprint density at radius 2 is 1.78 bits per heavy atom. The third kappa shape index (κ3) is 17.5. The smallest absolute Gasteiger partial charge is 0.407 e. The Hall–Kier alpha value is -2.89. The van der Waals surface area contributed by atoms with Gasteiger partial charge in [0.25, 0.3) is 0 Å². The van der Waals surface area contributed by atoms with Gasteiger partial charge in [0.2, 0.25) is 0 Å². The van der Waals surface area contributed by atoms with E-state index in [1.807, 2.05) is 73.6 Å². The van der Waals surface area contributed by atoms with Crippen LogP contribution in [0.15, 0.2) is 53.8 Å². The number of nitrogens with one attached hydrogen (secondary N) is 1. The van der Waals surface area contributed by atoms with E-state index >= 15 is 0 Å². The summed E-state index contributed by atoms with van der Waals surface area (Å²) in [5.41, 5.74) is 9.07. The molecular formula is C30H54N2O4. The molecule has 0 aliphatic rings. The van der Waals surface area contributed by atoms with Crippen molar-refractivity contribution in [3.05, 3.63) is 59.4 Å². The molecule has 0 aliphatic heterocycles. The molecular weight excluding hydrogens is 452 g/mol. The predicted molar refractivity (Wildman–Crippen MR) is 157 cm³/mol. The standard InChI is InChI=1S/C19H33NO3.C8H11NO.C2H6.CH4/c1-9-11-16(20-18(21)23-19(5,6)7)13-15(12-14(3)4)17(10-2)22-8;1-6-5-7(9)3-4-8(6)10-2;1-2;/h10,12,16H,2,9,11,13H2,1,3-8H3,(H,20,21);3-5H,9H2,1-2H3;1-2H3;1H4/b17-15-;;;/t16-;;;/m1.../s1. The maximum Gasteiger partial charge on any atom is 0.407 e. The molecule has 6 heteroatoms. The first-order valence-corrected chi connectivity index (χ1v) is 12.3. The molecule has 0 radical (unpaired) electrons. The van der Waals surface area contributed by atoms with E-state index in [1.165, 1.54) is 5.57 Å². The number of rotatable bonds is 9. The van der Waals surface area contributed by atoms with Crippen LogP contribution in [0.5, 0.6) is 5.75 Å². The van der Waals surface area contributed by atoms with Gasteiger partial charge in [-0.1, -0.05) is 52.8 Å². The number of nitrogen functional groups attached to an aromatic ring is 1. The van der Waals surface area contributed by atoms with Gasteiger partial charge < -0.3 is 25.3 Å².